The monoisotopic (exact) mass is 378 g/mol. The molecule has 2 aromatic rings. The van der Waals surface area contributed by atoms with Crippen LogP contribution in [0.5, 0.6) is 0 Å². The fraction of sp³-hybridized carbons (Fsp3) is 0.333. The minimum Gasteiger partial charge on any atom is -0.462 e. The van der Waals surface area contributed by atoms with Crippen LogP contribution in [0, 0.1) is 17.8 Å². The molecule has 3 rings (SSSR count). The maximum absolute atomic E-state index is 12.2. The number of hydrogen-bond acceptors (Lipinski definition) is 4. The fourth-order valence-corrected chi connectivity index (χ4v) is 3.81. The highest BCUT2D eigenvalue weighted by atomic mass is 16.5. The summed E-state index contributed by atoms with van der Waals surface area (Å²) in [5.41, 5.74) is 1.97. The lowest BCUT2D eigenvalue weighted by Crippen LogP contribution is -2.24. The normalized spacial score (nSPS) is 21.1. The van der Waals surface area contributed by atoms with Crippen molar-refractivity contribution in [3.8, 4) is 0 Å². The minimum absolute atomic E-state index is 0.183. The predicted molar refractivity (Wildman–Crippen MR) is 108 cm³/mol. The summed E-state index contributed by atoms with van der Waals surface area (Å²) in [5, 5.41) is 0. The maximum atomic E-state index is 12.2. The van der Waals surface area contributed by atoms with Crippen molar-refractivity contribution < 1.29 is 19.1 Å². The van der Waals surface area contributed by atoms with Crippen LogP contribution in [0.25, 0.3) is 0 Å². The Morgan fingerprint density at radius 1 is 0.893 bits per heavy atom. The predicted octanol–water partition coefficient (Wildman–Crippen LogP) is 4.92. The van der Waals surface area contributed by atoms with Crippen molar-refractivity contribution in [3.63, 3.8) is 0 Å². The molecule has 0 aromatic heterocycles. The number of carbonyl (C=O) groups is 2. The molecule has 0 aliphatic heterocycles. The van der Waals surface area contributed by atoms with Crippen LogP contribution < -0.4 is 0 Å². The van der Waals surface area contributed by atoms with E-state index in [2.05, 4.69) is 13.5 Å². The van der Waals surface area contributed by atoms with E-state index >= 15 is 0 Å². The fourth-order valence-electron chi connectivity index (χ4n) is 3.81. The second kappa shape index (κ2) is 9.36. The van der Waals surface area contributed by atoms with Crippen molar-refractivity contribution in [2.75, 3.05) is 13.2 Å². The summed E-state index contributed by atoms with van der Waals surface area (Å²) in [7, 11) is 0. The van der Waals surface area contributed by atoms with Crippen LogP contribution in [-0.2, 0) is 9.47 Å². The maximum Gasteiger partial charge on any atom is 0.338 e. The Morgan fingerprint density at radius 2 is 1.43 bits per heavy atom. The number of hydrogen-bond donors (Lipinski definition) is 0. The first-order valence-electron chi connectivity index (χ1n) is 9.68. The molecule has 0 bridgehead atoms. The van der Waals surface area contributed by atoms with Gasteiger partial charge in [-0.1, -0.05) is 49.9 Å². The van der Waals surface area contributed by atoms with Gasteiger partial charge in [0.1, 0.15) is 6.61 Å². The average molecular weight is 378 g/mol. The van der Waals surface area contributed by atoms with Gasteiger partial charge in [-0.3, -0.25) is 0 Å². The van der Waals surface area contributed by atoms with Crippen molar-refractivity contribution in [3.05, 3.63) is 83.9 Å². The molecule has 1 fully saturated rings. The van der Waals surface area contributed by atoms with Crippen LogP contribution >= 0.6 is 0 Å². The molecule has 0 saturated heterocycles. The Morgan fingerprint density at radius 3 is 2.00 bits per heavy atom. The van der Waals surface area contributed by atoms with Gasteiger partial charge in [-0.25, -0.2) is 9.59 Å². The van der Waals surface area contributed by atoms with Crippen molar-refractivity contribution in [2.45, 2.75) is 19.8 Å². The van der Waals surface area contributed by atoms with Crippen molar-refractivity contribution >= 4 is 11.9 Å². The lowest BCUT2D eigenvalue weighted by atomic mass is 9.86. The summed E-state index contributed by atoms with van der Waals surface area (Å²) < 4.78 is 11.0. The van der Waals surface area contributed by atoms with Gasteiger partial charge in [0.25, 0.3) is 0 Å². The SMILES string of the molecule is C=C(COC(=O)c1ccccc1)[C@H]1CC[C@H](C)[C@H]1COC(=O)c1ccccc1. The molecule has 0 unspecified atom stereocenters. The van der Waals surface area contributed by atoms with E-state index in [9.17, 15) is 9.59 Å². The second-order valence-corrected chi connectivity index (χ2v) is 7.39. The molecule has 1 saturated carbocycles. The second-order valence-electron chi connectivity index (χ2n) is 7.39. The Balaban J connectivity index is 1.54. The highest BCUT2D eigenvalue weighted by molar-refractivity contribution is 5.89. The van der Waals surface area contributed by atoms with E-state index in [1.807, 2.05) is 24.3 Å². The van der Waals surface area contributed by atoms with Gasteiger partial charge in [0.05, 0.1) is 17.7 Å². The van der Waals surface area contributed by atoms with E-state index in [1.54, 1.807) is 36.4 Å². The first-order chi connectivity index (χ1) is 13.6. The molecule has 28 heavy (non-hydrogen) atoms. The van der Waals surface area contributed by atoms with Crippen LogP contribution in [0.3, 0.4) is 0 Å². The highest BCUT2D eigenvalue weighted by Gasteiger charge is 2.36. The van der Waals surface area contributed by atoms with E-state index in [1.165, 1.54) is 0 Å². The molecule has 0 amide bonds. The molecular weight excluding hydrogens is 352 g/mol. The van der Waals surface area contributed by atoms with Gasteiger partial charge < -0.3 is 9.47 Å². The lowest BCUT2D eigenvalue weighted by Gasteiger charge is -2.24. The van der Waals surface area contributed by atoms with Gasteiger partial charge in [0.2, 0.25) is 0 Å². The zero-order chi connectivity index (χ0) is 19.9. The quantitative estimate of drug-likeness (QED) is 0.507. The number of carbonyl (C=O) groups excluding carboxylic acids is 2. The molecule has 4 nitrogen and oxygen atoms in total. The van der Waals surface area contributed by atoms with Crippen LogP contribution in [0.1, 0.15) is 40.5 Å². The Bertz CT molecular complexity index is 813. The van der Waals surface area contributed by atoms with Gasteiger partial charge in [0.15, 0.2) is 0 Å². The zero-order valence-corrected chi connectivity index (χ0v) is 16.2. The molecular formula is C24H26O4. The summed E-state index contributed by atoms with van der Waals surface area (Å²) in [5.74, 6) is 0.146. The number of ether oxygens (including phenoxy) is 2. The van der Waals surface area contributed by atoms with E-state index < -0.39 is 0 Å². The van der Waals surface area contributed by atoms with Gasteiger partial charge in [-0.2, -0.15) is 0 Å². The summed E-state index contributed by atoms with van der Waals surface area (Å²) in [6, 6.07) is 17.9. The van der Waals surface area contributed by atoms with Gasteiger partial charge in [-0.05, 0) is 54.5 Å². The summed E-state index contributed by atoms with van der Waals surface area (Å²) >= 11 is 0. The molecule has 146 valence electrons. The topological polar surface area (TPSA) is 52.6 Å². The van der Waals surface area contributed by atoms with Gasteiger partial charge in [0, 0.05) is 5.92 Å². The van der Waals surface area contributed by atoms with E-state index in [-0.39, 0.29) is 30.4 Å². The minimum atomic E-state index is -0.347. The summed E-state index contributed by atoms with van der Waals surface area (Å²) in [4.78, 5) is 24.4. The molecule has 1 aliphatic rings. The van der Waals surface area contributed by atoms with E-state index in [4.69, 9.17) is 9.47 Å². The molecule has 0 heterocycles. The standard InChI is InChI=1S/C24H26O4/c1-17-13-14-21(18(2)15-27-23(25)19-9-5-3-6-10-19)22(17)16-28-24(26)20-11-7-4-8-12-20/h3-12,17,21-22H,2,13-16H2,1H3/t17-,21+,22+/m0/s1. The van der Waals surface area contributed by atoms with Gasteiger partial charge in [-0.15, -0.1) is 0 Å². The first-order valence-corrected chi connectivity index (χ1v) is 9.68. The highest BCUT2D eigenvalue weighted by Crippen LogP contribution is 2.41. The Labute approximate surface area is 166 Å². The summed E-state index contributed by atoms with van der Waals surface area (Å²) in [6.45, 7) is 6.87. The third-order valence-corrected chi connectivity index (χ3v) is 5.52. The van der Waals surface area contributed by atoms with Gasteiger partial charge >= 0.3 is 11.9 Å². The number of esters is 2. The molecule has 0 radical (unpaired) electrons. The van der Waals surface area contributed by atoms with Crippen LogP contribution in [-0.4, -0.2) is 25.2 Å². The molecule has 4 heteroatoms. The van der Waals surface area contributed by atoms with Crippen LogP contribution in [0.2, 0.25) is 0 Å². The molecule has 2 aromatic carbocycles. The third kappa shape index (κ3) is 4.89. The Kier molecular flexibility index (Phi) is 6.64. The average Bonchev–Trinajstić information content (AvgIpc) is 3.11. The Hall–Kier alpha value is -2.88. The summed E-state index contributed by atoms with van der Waals surface area (Å²) in [6.07, 6.45) is 2.01. The van der Waals surface area contributed by atoms with Crippen LogP contribution in [0.15, 0.2) is 72.8 Å². The van der Waals surface area contributed by atoms with E-state index in [0.717, 1.165) is 18.4 Å². The molecule has 1 aliphatic carbocycles. The number of rotatable bonds is 7. The third-order valence-electron chi connectivity index (χ3n) is 5.52. The molecule has 0 N–H and O–H groups in total. The van der Waals surface area contributed by atoms with E-state index in [0.29, 0.717) is 23.7 Å². The smallest absolute Gasteiger partial charge is 0.338 e. The molecule has 3 atom stereocenters. The molecule has 0 spiro atoms. The largest absolute Gasteiger partial charge is 0.462 e. The zero-order valence-electron chi connectivity index (χ0n) is 16.2. The van der Waals surface area contributed by atoms with Crippen molar-refractivity contribution in [2.24, 2.45) is 17.8 Å². The lowest BCUT2D eigenvalue weighted by molar-refractivity contribution is 0.0380. The van der Waals surface area contributed by atoms with Crippen molar-refractivity contribution in [1.29, 1.82) is 0 Å². The van der Waals surface area contributed by atoms with Crippen LogP contribution in [0.4, 0.5) is 0 Å². The first kappa shape index (κ1) is 19.9. The van der Waals surface area contributed by atoms with Crippen molar-refractivity contribution in [1.82, 2.24) is 0 Å². The number of benzene rings is 2.